The predicted octanol–water partition coefficient (Wildman–Crippen LogP) is 1.98. The fourth-order valence-electron chi connectivity index (χ4n) is 5.06. The smallest absolute Gasteiger partial charge is 0.340 e. The quantitative estimate of drug-likeness (QED) is 0.557. The van der Waals surface area contributed by atoms with Gasteiger partial charge in [-0.1, -0.05) is 6.07 Å². The third-order valence-corrected chi connectivity index (χ3v) is 7.08. The minimum absolute atomic E-state index is 0.0450. The molecule has 0 radical (unpaired) electrons. The van der Waals surface area contributed by atoms with Crippen LogP contribution < -0.4 is 16.1 Å². The van der Waals surface area contributed by atoms with Gasteiger partial charge < -0.3 is 5.32 Å². The van der Waals surface area contributed by atoms with Crippen molar-refractivity contribution in [3.63, 3.8) is 0 Å². The summed E-state index contributed by atoms with van der Waals surface area (Å²) in [4.78, 5) is 24.8. The van der Waals surface area contributed by atoms with Crippen LogP contribution in [-0.4, -0.2) is 44.2 Å². The van der Waals surface area contributed by atoms with Crippen LogP contribution in [0.2, 0.25) is 0 Å². The van der Waals surface area contributed by atoms with Gasteiger partial charge in [-0.2, -0.15) is 18.4 Å². The molecule has 1 saturated carbocycles. The number of halogens is 4. The van der Waals surface area contributed by atoms with Gasteiger partial charge in [0.1, 0.15) is 17.6 Å². The molecule has 7 atom stereocenters. The predicted molar refractivity (Wildman–Crippen MR) is 112 cm³/mol. The van der Waals surface area contributed by atoms with Gasteiger partial charge in [-0.3, -0.25) is 15.1 Å². The van der Waals surface area contributed by atoms with Crippen LogP contribution in [0.3, 0.4) is 0 Å². The number of nitrogens with zero attached hydrogens (tertiary/aromatic N) is 5. The maximum Gasteiger partial charge on any atom is 0.433 e. The van der Waals surface area contributed by atoms with Crippen LogP contribution in [0.25, 0.3) is 0 Å². The normalized spacial score (nSPS) is 31.7. The van der Waals surface area contributed by atoms with E-state index in [2.05, 4.69) is 37.1 Å². The summed E-state index contributed by atoms with van der Waals surface area (Å²) >= 11 is 0. The third kappa shape index (κ3) is 4.22. The molecular formula is C22H22F4N8O. The van der Waals surface area contributed by atoms with Crippen LogP contribution in [0.5, 0.6) is 0 Å². The minimum Gasteiger partial charge on any atom is -0.340 e. The molecule has 2 aromatic heterocycles. The van der Waals surface area contributed by atoms with Crippen LogP contribution >= 0.6 is 0 Å². The van der Waals surface area contributed by atoms with E-state index in [1.54, 1.807) is 11.9 Å². The molecule has 3 aliphatic rings. The Kier molecular flexibility index (Phi) is 5.90. The van der Waals surface area contributed by atoms with E-state index in [-0.39, 0.29) is 17.7 Å². The first-order valence-corrected chi connectivity index (χ1v) is 11.2. The van der Waals surface area contributed by atoms with Gasteiger partial charge in [0.2, 0.25) is 5.91 Å². The SMILES string of the molecule is C[C@@H](c1ccc(C(F)(F)F)nc1)N1NC(C#N)C2C(=O)NC([C@H]3CC[C@@H]3c3ncc(F)cn3)NC21. The van der Waals surface area contributed by atoms with E-state index in [4.69, 9.17) is 0 Å². The van der Waals surface area contributed by atoms with Gasteiger partial charge in [0.25, 0.3) is 0 Å². The van der Waals surface area contributed by atoms with Gasteiger partial charge in [-0.05, 0) is 31.4 Å². The summed E-state index contributed by atoms with van der Waals surface area (Å²) in [6, 6.07) is 3.03. The Labute approximate surface area is 197 Å². The zero-order valence-corrected chi connectivity index (χ0v) is 18.5. The Morgan fingerprint density at radius 2 is 1.91 bits per heavy atom. The van der Waals surface area contributed by atoms with E-state index in [0.29, 0.717) is 11.4 Å². The fourth-order valence-corrected chi connectivity index (χ4v) is 5.06. The number of fused-ring (bicyclic) bond motifs is 1. The van der Waals surface area contributed by atoms with Crippen molar-refractivity contribution in [1.29, 1.82) is 5.26 Å². The second-order valence-corrected chi connectivity index (χ2v) is 9.02. The van der Waals surface area contributed by atoms with E-state index in [1.807, 2.05) is 0 Å². The molecule has 1 aliphatic carbocycles. The van der Waals surface area contributed by atoms with Crippen molar-refractivity contribution in [2.24, 2.45) is 11.8 Å². The second-order valence-electron chi connectivity index (χ2n) is 9.02. The summed E-state index contributed by atoms with van der Waals surface area (Å²) in [6.07, 6.45) is -0.640. The molecule has 4 unspecified atom stereocenters. The number of rotatable bonds is 4. The number of hydrazine groups is 1. The van der Waals surface area contributed by atoms with E-state index in [0.717, 1.165) is 37.5 Å². The fraction of sp³-hybridized carbons (Fsp3) is 0.500. The zero-order chi connectivity index (χ0) is 24.9. The number of hydrogen-bond acceptors (Lipinski definition) is 8. The van der Waals surface area contributed by atoms with E-state index < -0.39 is 48.0 Å². The van der Waals surface area contributed by atoms with Crippen molar-refractivity contribution in [3.8, 4) is 6.07 Å². The molecular weight excluding hydrogens is 468 g/mol. The first kappa shape index (κ1) is 23.5. The monoisotopic (exact) mass is 490 g/mol. The van der Waals surface area contributed by atoms with Crippen molar-refractivity contribution in [2.75, 3.05) is 0 Å². The Morgan fingerprint density at radius 1 is 1.17 bits per heavy atom. The number of carbonyl (C=O) groups excluding carboxylic acids is 1. The molecule has 2 aliphatic heterocycles. The summed E-state index contributed by atoms with van der Waals surface area (Å²) in [5.74, 6) is -1.18. The number of nitrogens with one attached hydrogen (secondary N) is 3. The third-order valence-electron chi connectivity index (χ3n) is 7.08. The Morgan fingerprint density at radius 3 is 2.49 bits per heavy atom. The molecule has 35 heavy (non-hydrogen) atoms. The molecule has 2 aromatic rings. The van der Waals surface area contributed by atoms with E-state index in [1.165, 1.54) is 6.07 Å². The summed E-state index contributed by atoms with van der Waals surface area (Å²) < 4.78 is 52.0. The zero-order valence-electron chi connectivity index (χ0n) is 18.5. The molecule has 4 heterocycles. The highest BCUT2D eigenvalue weighted by Gasteiger charge is 2.54. The highest BCUT2D eigenvalue weighted by atomic mass is 19.4. The average Bonchev–Trinajstić information content (AvgIpc) is 3.18. The molecule has 2 saturated heterocycles. The maximum atomic E-state index is 13.2. The van der Waals surface area contributed by atoms with Gasteiger partial charge in [-0.15, -0.1) is 0 Å². The maximum absolute atomic E-state index is 13.2. The van der Waals surface area contributed by atoms with Crippen molar-refractivity contribution in [1.82, 2.24) is 36.0 Å². The molecule has 0 bridgehead atoms. The van der Waals surface area contributed by atoms with Crippen LogP contribution in [0, 0.1) is 29.0 Å². The number of amides is 1. The minimum atomic E-state index is -4.55. The van der Waals surface area contributed by atoms with Gasteiger partial charge in [0.05, 0.1) is 36.7 Å². The van der Waals surface area contributed by atoms with Gasteiger partial charge >= 0.3 is 6.18 Å². The number of carbonyl (C=O) groups is 1. The van der Waals surface area contributed by atoms with E-state index in [9.17, 15) is 27.6 Å². The van der Waals surface area contributed by atoms with Crippen molar-refractivity contribution in [3.05, 3.63) is 53.6 Å². The van der Waals surface area contributed by atoms with Crippen molar-refractivity contribution >= 4 is 5.91 Å². The standard InChI is InChI=1S/C22H22F4N8O/c1-10(11-2-5-16(28-7-11)22(24,25)26)34-20-17(15(6-27)33-34)21(35)32-19(31-20)14-4-3-13(14)18-29-8-12(23)9-30-18/h2,5,7-10,13-15,17,19-20,31,33H,3-4H2,1H3,(H,32,35)/t10-,13-,14-,15?,17?,19?,20?/m0/s1. The Bertz CT molecular complexity index is 1140. The lowest BCUT2D eigenvalue weighted by atomic mass is 9.70. The molecule has 0 aromatic carbocycles. The second kappa shape index (κ2) is 8.78. The molecule has 184 valence electrons. The van der Waals surface area contributed by atoms with Crippen LogP contribution in [-0.2, 0) is 11.0 Å². The lowest BCUT2D eigenvalue weighted by molar-refractivity contribution is -0.141. The summed E-state index contributed by atoms with van der Waals surface area (Å²) in [5.41, 5.74) is 2.53. The largest absolute Gasteiger partial charge is 0.433 e. The van der Waals surface area contributed by atoms with Crippen molar-refractivity contribution < 1.29 is 22.4 Å². The number of pyridine rings is 1. The molecule has 13 heteroatoms. The van der Waals surface area contributed by atoms with Gasteiger partial charge in [0.15, 0.2) is 5.82 Å². The van der Waals surface area contributed by atoms with Crippen LogP contribution in [0.1, 0.15) is 48.8 Å². The number of hydrogen-bond donors (Lipinski definition) is 3. The number of alkyl halides is 3. The molecule has 0 spiro atoms. The molecule has 3 N–H and O–H groups in total. The van der Waals surface area contributed by atoms with Crippen LogP contribution in [0.4, 0.5) is 17.6 Å². The first-order valence-electron chi connectivity index (χ1n) is 11.2. The van der Waals surface area contributed by atoms with Crippen molar-refractivity contribution in [2.45, 2.75) is 56.3 Å². The molecule has 1 amide bonds. The molecule has 3 fully saturated rings. The highest BCUT2D eigenvalue weighted by molar-refractivity contribution is 5.82. The lowest BCUT2D eigenvalue weighted by Crippen LogP contribution is -2.68. The molecule has 5 rings (SSSR count). The highest BCUT2D eigenvalue weighted by Crippen LogP contribution is 2.44. The lowest BCUT2D eigenvalue weighted by Gasteiger charge is -2.47. The Hall–Kier alpha value is -3.21. The summed E-state index contributed by atoms with van der Waals surface area (Å²) in [5, 5.41) is 17.7. The summed E-state index contributed by atoms with van der Waals surface area (Å²) in [7, 11) is 0. The average molecular weight is 490 g/mol. The van der Waals surface area contributed by atoms with E-state index >= 15 is 0 Å². The number of nitriles is 1. The van der Waals surface area contributed by atoms with Crippen LogP contribution in [0.15, 0.2) is 30.7 Å². The van der Waals surface area contributed by atoms with Gasteiger partial charge in [0, 0.05) is 24.1 Å². The topological polar surface area (TPSA) is 119 Å². The summed E-state index contributed by atoms with van der Waals surface area (Å²) in [6.45, 7) is 1.76. The first-order chi connectivity index (χ1) is 16.7. The Balaban J connectivity index is 1.37. The van der Waals surface area contributed by atoms with Gasteiger partial charge in [-0.25, -0.2) is 24.8 Å². The molecule has 9 nitrogen and oxygen atoms in total. The number of aromatic nitrogens is 3.